The van der Waals surface area contributed by atoms with E-state index in [1.54, 1.807) is 0 Å². The Hall–Kier alpha value is -1.84. The summed E-state index contributed by atoms with van der Waals surface area (Å²) in [6, 6.07) is 9.72. The van der Waals surface area contributed by atoms with E-state index in [4.69, 9.17) is 5.11 Å². The van der Waals surface area contributed by atoms with E-state index in [2.05, 4.69) is 5.32 Å². The Bertz CT molecular complexity index is 472. The minimum atomic E-state index is -0.753. The van der Waals surface area contributed by atoms with Crippen molar-refractivity contribution in [3.8, 4) is 0 Å². The Morgan fingerprint density at radius 1 is 1.30 bits per heavy atom. The number of hydrogen-bond donors (Lipinski definition) is 2. The fraction of sp³-hybridized carbons (Fsp3) is 0.500. The lowest BCUT2D eigenvalue weighted by atomic mass is 9.95. The van der Waals surface area contributed by atoms with Crippen molar-refractivity contribution in [3.63, 3.8) is 0 Å². The lowest BCUT2D eigenvalue weighted by molar-refractivity contribution is -0.141. The van der Waals surface area contributed by atoms with Crippen LogP contribution in [0.25, 0.3) is 0 Å². The zero-order valence-corrected chi connectivity index (χ0v) is 11.7. The van der Waals surface area contributed by atoms with Gasteiger partial charge in [-0.25, -0.2) is 0 Å². The fourth-order valence-electron chi connectivity index (χ4n) is 2.90. The van der Waals surface area contributed by atoms with Gasteiger partial charge in [-0.1, -0.05) is 37.3 Å². The molecule has 1 aromatic carbocycles. The van der Waals surface area contributed by atoms with Crippen LogP contribution in [0.15, 0.2) is 30.3 Å². The van der Waals surface area contributed by atoms with Crippen LogP contribution in [0.2, 0.25) is 0 Å². The van der Waals surface area contributed by atoms with Gasteiger partial charge in [-0.3, -0.25) is 9.59 Å². The largest absolute Gasteiger partial charge is 0.481 e. The van der Waals surface area contributed by atoms with Gasteiger partial charge in [0.05, 0.1) is 11.8 Å². The number of carboxylic acid groups (broad SMARTS) is 1. The molecule has 4 heteroatoms. The predicted molar refractivity (Wildman–Crippen MR) is 76.4 cm³/mol. The van der Waals surface area contributed by atoms with E-state index in [0.29, 0.717) is 12.8 Å². The van der Waals surface area contributed by atoms with E-state index in [9.17, 15) is 9.59 Å². The normalized spacial score (nSPS) is 23.2. The highest BCUT2D eigenvalue weighted by atomic mass is 16.4. The molecule has 1 fully saturated rings. The van der Waals surface area contributed by atoms with Crippen LogP contribution in [-0.4, -0.2) is 23.0 Å². The zero-order valence-electron chi connectivity index (χ0n) is 11.7. The molecule has 0 radical (unpaired) electrons. The third-order valence-electron chi connectivity index (χ3n) is 4.05. The number of aliphatic carboxylic acids is 1. The van der Waals surface area contributed by atoms with Gasteiger partial charge in [0, 0.05) is 6.04 Å². The molecule has 0 saturated heterocycles. The molecule has 20 heavy (non-hydrogen) atoms. The van der Waals surface area contributed by atoms with Gasteiger partial charge in [0.1, 0.15) is 0 Å². The maximum atomic E-state index is 12.3. The summed E-state index contributed by atoms with van der Waals surface area (Å²) in [5, 5.41) is 12.0. The van der Waals surface area contributed by atoms with E-state index in [0.717, 1.165) is 18.4 Å². The molecule has 1 aromatic rings. The molecule has 0 bridgehead atoms. The minimum absolute atomic E-state index is 0.00126. The van der Waals surface area contributed by atoms with Crippen molar-refractivity contribution >= 4 is 11.9 Å². The SMILES string of the molecule is CCC(C(=O)NC1CCC(C(=O)O)C1)c1ccccc1. The van der Waals surface area contributed by atoms with E-state index in [1.807, 2.05) is 37.3 Å². The number of rotatable bonds is 5. The van der Waals surface area contributed by atoms with Gasteiger partial charge in [-0.05, 0) is 31.2 Å². The lowest BCUT2D eigenvalue weighted by Crippen LogP contribution is -2.36. The molecule has 3 unspecified atom stereocenters. The summed E-state index contributed by atoms with van der Waals surface area (Å²) in [6.07, 6.45) is 2.70. The number of carboxylic acids is 1. The molecule has 1 aliphatic rings. The van der Waals surface area contributed by atoms with Crippen LogP contribution in [0, 0.1) is 5.92 Å². The van der Waals surface area contributed by atoms with E-state index in [-0.39, 0.29) is 23.8 Å². The van der Waals surface area contributed by atoms with Gasteiger partial charge in [0.25, 0.3) is 0 Å². The summed E-state index contributed by atoms with van der Waals surface area (Å²) in [4.78, 5) is 23.3. The first-order chi connectivity index (χ1) is 9.61. The summed E-state index contributed by atoms with van der Waals surface area (Å²) < 4.78 is 0. The highest BCUT2D eigenvalue weighted by Gasteiger charge is 2.31. The average Bonchev–Trinajstić information content (AvgIpc) is 2.89. The highest BCUT2D eigenvalue weighted by molar-refractivity contribution is 5.84. The van der Waals surface area contributed by atoms with Gasteiger partial charge in [0.2, 0.25) is 5.91 Å². The van der Waals surface area contributed by atoms with Crippen molar-refractivity contribution in [2.75, 3.05) is 0 Å². The topological polar surface area (TPSA) is 66.4 Å². The molecule has 2 rings (SSSR count). The molecule has 1 saturated carbocycles. The number of hydrogen-bond acceptors (Lipinski definition) is 2. The standard InChI is InChI=1S/C16H21NO3/c1-2-14(11-6-4-3-5-7-11)15(18)17-13-9-8-12(10-13)16(19)20/h3-7,12-14H,2,8-10H2,1H3,(H,17,18)(H,19,20). The zero-order chi connectivity index (χ0) is 14.5. The quantitative estimate of drug-likeness (QED) is 0.868. The van der Waals surface area contributed by atoms with Crippen molar-refractivity contribution in [1.82, 2.24) is 5.32 Å². The van der Waals surface area contributed by atoms with Crippen LogP contribution in [-0.2, 0) is 9.59 Å². The van der Waals surface area contributed by atoms with Gasteiger partial charge < -0.3 is 10.4 Å². The Morgan fingerprint density at radius 2 is 2.00 bits per heavy atom. The first-order valence-electron chi connectivity index (χ1n) is 7.20. The Balaban J connectivity index is 1.96. The predicted octanol–water partition coefficient (Wildman–Crippen LogP) is 2.55. The maximum absolute atomic E-state index is 12.3. The third kappa shape index (κ3) is 3.38. The van der Waals surface area contributed by atoms with Crippen molar-refractivity contribution in [2.45, 2.75) is 44.6 Å². The molecule has 0 spiro atoms. The van der Waals surface area contributed by atoms with Crippen LogP contribution in [0.1, 0.15) is 44.1 Å². The maximum Gasteiger partial charge on any atom is 0.306 e. The second-order valence-corrected chi connectivity index (χ2v) is 5.43. The van der Waals surface area contributed by atoms with Crippen LogP contribution >= 0.6 is 0 Å². The minimum Gasteiger partial charge on any atom is -0.481 e. The van der Waals surface area contributed by atoms with E-state index in [1.165, 1.54) is 0 Å². The number of carbonyl (C=O) groups excluding carboxylic acids is 1. The Labute approximate surface area is 119 Å². The van der Waals surface area contributed by atoms with Crippen molar-refractivity contribution in [2.24, 2.45) is 5.92 Å². The summed E-state index contributed by atoms with van der Waals surface area (Å²) in [7, 11) is 0. The van der Waals surface area contributed by atoms with Gasteiger partial charge >= 0.3 is 5.97 Å². The molecular weight excluding hydrogens is 254 g/mol. The van der Waals surface area contributed by atoms with Gasteiger partial charge in [-0.15, -0.1) is 0 Å². The van der Waals surface area contributed by atoms with Crippen molar-refractivity contribution < 1.29 is 14.7 Å². The van der Waals surface area contributed by atoms with Crippen LogP contribution in [0.4, 0.5) is 0 Å². The van der Waals surface area contributed by atoms with Gasteiger partial charge in [-0.2, -0.15) is 0 Å². The third-order valence-corrected chi connectivity index (χ3v) is 4.05. The van der Waals surface area contributed by atoms with Crippen LogP contribution in [0.5, 0.6) is 0 Å². The molecule has 0 aromatic heterocycles. The smallest absolute Gasteiger partial charge is 0.306 e. The Morgan fingerprint density at radius 3 is 2.55 bits per heavy atom. The molecule has 0 aliphatic heterocycles. The van der Waals surface area contributed by atoms with Crippen molar-refractivity contribution in [3.05, 3.63) is 35.9 Å². The second-order valence-electron chi connectivity index (χ2n) is 5.43. The highest BCUT2D eigenvalue weighted by Crippen LogP contribution is 2.27. The molecular formula is C16H21NO3. The van der Waals surface area contributed by atoms with E-state index >= 15 is 0 Å². The monoisotopic (exact) mass is 275 g/mol. The molecule has 108 valence electrons. The number of benzene rings is 1. The Kier molecular flexibility index (Phi) is 4.77. The summed E-state index contributed by atoms with van der Waals surface area (Å²) in [6.45, 7) is 1.99. The number of nitrogens with one attached hydrogen (secondary N) is 1. The van der Waals surface area contributed by atoms with Gasteiger partial charge in [0.15, 0.2) is 0 Å². The van der Waals surface area contributed by atoms with E-state index < -0.39 is 5.97 Å². The van der Waals surface area contributed by atoms with Crippen LogP contribution < -0.4 is 5.32 Å². The molecule has 0 heterocycles. The van der Waals surface area contributed by atoms with Crippen LogP contribution in [0.3, 0.4) is 0 Å². The molecule has 1 amide bonds. The number of carbonyl (C=O) groups is 2. The molecule has 1 aliphatic carbocycles. The summed E-state index contributed by atoms with van der Waals surface area (Å²) in [5.41, 5.74) is 1.01. The van der Waals surface area contributed by atoms with Crippen molar-refractivity contribution in [1.29, 1.82) is 0 Å². The second kappa shape index (κ2) is 6.55. The fourth-order valence-corrected chi connectivity index (χ4v) is 2.90. The first kappa shape index (κ1) is 14.6. The molecule has 2 N–H and O–H groups in total. The number of amides is 1. The first-order valence-corrected chi connectivity index (χ1v) is 7.20. The molecule has 3 atom stereocenters. The summed E-state index contributed by atoms with van der Waals surface area (Å²) >= 11 is 0. The average molecular weight is 275 g/mol. The molecule has 4 nitrogen and oxygen atoms in total. The lowest BCUT2D eigenvalue weighted by Gasteiger charge is -2.19. The summed E-state index contributed by atoms with van der Waals surface area (Å²) in [5.74, 6) is -1.20.